The molecule has 1 amide bonds. The summed E-state index contributed by atoms with van der Waals surface area (Å²) in [6, 6.07) is 8.24. The number of carbonyl (C=O) groups excluding carboxylic acids is 1. The molecule has 1 atom stereocenters. The number of thiophene rings is 1. The number of amides is 1. The van der Waals surface area contributed by atoms with Crippen molar-refractivity contribution in [1.29, 1.82) is 0 Å². The van der Waals surface area contributed by atoms with Gasteiger partial charge in [0.15, 0.2) is 5.82 Å². The molecule has 1 fully saturated rings. The Hall–Kier alpha value is -3.73. The molecule has 0 unspecified atom stereocenters. The third-order valence-corrected chi connectivity index (χ3v) is 7.20. The van der Waals surface area contributed by atoms with Crippen molar-refractivity contribution in [2.75, 3.05) is 35.7 Å². The molecule has 1 aliphatic heterocycles. The monoisotopic (exact) mass is 512 g/mol. The van der Waals surface area contributed by atoms with Crippen LogP contribution in [0.1, 0.15) is 39.4 Å². The second kappa shape index (κ2) is 9.38. The summed E-state index contributed by atoms with van der Waals surface area (Å²) < 4.78 is 40.0. The van der Waals surface area contributed by atoms with Crippen molar-refractivity contribution in [3.05, 3.63) is 70.4 Å². The normalized spacial score (nSPS) is 15.9. The molecule has 11 heteroatoms. The van der Waals surface area contributed by atoms with Crippen molar-refractivity contribution >= 4 is 44.9 Å². The molecule has 3 aromatic heterocycles. The lowest BCUT2D eigenvalue weighted by Gasteiger charge is -2.20. The lowest BCUT2D eigenvalue weighted by molar-refractivity contribution is -0.137. The number of aromatic nitrogens is 3. The van der Waals surface area contributed by atoms with Crippen LogP contribution >= 0.6 is 11.3 Å². The predicted octanol–water partition coefficient (Wildman–Crippen LogP) is 5.70. The highest BCUT2D eigenvalue weighted by atomic mass is 32.1. The summed E-state index contributed by atoms with van der Waals surface area (Å²) in [6.45, 7) is 3.54. The van der Waals surface area contributed by atoms with Gasteiger partial charge in [0.05, 0.1) is 27.7 Å². The van der Waals surface area contributed by atoms with Gasteiger partial charge in [-0.3, -0.25) is 9.78 Å². The third kappa shape index (κ3) is 4.70. The lowest BCUT2D eigenvalue weighted by Crippen LogP contribution is -2.21. The zero-order valence-corrected chi connectivity index (χ0v) is 20.4. The number of nitrogens with one attached hydrogen (secondary N) is 2. The van der Waals surface area contributed by atoms with E-state index in [1.54, 1.807) is 24.5 Å². The van der Waals surface area contributed by atoms with Crippen LogP contribution in [0.3, 0.4) is 0 Å². The Bertz CT molecular complexity index is 1440. The van der Waals surface area contributed by atoms with Crippen LogP contribution in [0.25, 0.3) is 10.2 Å². The number of halogens is 3. The fraction of sp³-hybridized carbons (Fsp3) is 0.280. The average Bonchev–Trinajstić information content (AvgIpc) is 3.53. The third-order valence-electron chi connectivity index (χ3n) is 6.30. The highest BCUT2D eigenvalue weighted by Crippen LogP contribution is 2.37. The first-order valence-electron chi connectivity index (χ1n) is 11.3. The second-order valence-electron chi connectivity index (χ2n) is 8.67. The Labute approximate surface area is 209 Å². The van der Waals surface area contributed by atoms with Crippen LogP contribution in [0.5, 0.6) is 0 Å². The Kier molecular flexibility index (Phi) is 6.25. The molecule has 4 heterocycles. The first-order chi connectivity index (χ1) is 17.2. The minimum atomic E-state index is -4.54. The van der Waals surface area contributed by atoms with Crippen molar-refractivity contribution in [2.24, 2.45) is 0 Å². The van der Waals surface area contributed by atoms with Gasteiger partial charge in [-0.2, -0.15) is 18.2 Å². The topological polar surface area (TPSA) is 83.0 Å². The molecule has 0 aliphatic carbocycles. The zero-order chi connectivity index (χ0) is 25.4. The molecular formula is C25H23F3N6OS. The molecule has 0 radical (unpaired) electrons. The maximum absolute atomic E-state index is 13.0. The number of fused-ring (bicyclic) bond motifs is 1. The highest BCUT2D eigenvalue weighted by Gasteiger charge is 2.31. The van der Waals surface area contributed by atoms with Crippen LogP contribution in [0.15, 0.2) is 48.1 Å². The van der Waals surface area contributed by atoms with Crippen LogP contribution in [0, 0.1) is 6.92 Å². The molecule has 5 rings (SSSR count). The van der Waals surface area contributed by atoms with E-state index < -0.39 is 17.6 Å². The van der Waals surface area contributed by atoms with E-state index in [2.05, 4.69) is 25.5 Å². The number of hydrogen-bond donors (Lipinski definition) is 2. The van der Waals surface area contributed by atoms with E-state index in [9.17, 15) is 18.0 Å². The van der Waals surface area contributed by atoms with E-state index in [4.69, 9.17) is 4.98 Å². The van der Waals surface area contributed by atoms with Gasteiger partial charge >= 0.3 is 6.18 Å². The number of anilines is 3. The molecule has 0 bridgehead atoms. The fourth-order valence-electron chi connectivity index (χ4n) is 4.47. The molecule has 186 valence electrons. The number of aryl methyl sites for hydroxylation is 1. The van der Waals surface area contributed by atoms with E-state index in [0.29, 0.717) is 11.5 Å². The van der Waals surface area contributed by atoms with Gasteiger partial charge in [0.1, 0.15) is 0 Å². The van der Waals surface area contributed by atoms with Crippen LogP contribution in [0.2, 0.25) is 0 Å². The molecule has 0 saturated carbocycles. The first kappa shape index (κ1) is 24.0. The molecule has 1 aliphatic rings. The van der Waals surface area contributed by atoms with E-state index >= 15 is 0 Å². The van der Waals surface area contributed by atoms with E-state index in [-0.39, 0.29) is 11.6 Å². The van der Waals surface area contributed by atoms with Gasteiger partial charge in [0.25, 0.3) is 5.91 Å². The van der Waals surface area contributed by atoms with Gasteiger partial charge < -0.3 is 15.5 Å². The first-order valence-corrected chi connectivity index (χ1v) is 12.2. The van der Waals surface area contributed by atoms with E-state index in [1.165, 1.54) is 6.20 Å². The maximum Gasteiger partial charge on any atom is 0.417 e. The summed E-state index contributed by atoms with van der Waals surface area (Å²) >= 11 is 1.61. The Morgan fingerprint density at radius 1 is 1.17 bits per heavy atom. The lowest BCUT2D eigenvalue weighted by atomic mass is 9.92. The van der Waals surface area contributed by atoms with Gasteiger partial charge in [-0.25, -0.2) is 4.98 Å². The van der Waals surface area contributed by atoms with Crippen LogP contribution < -0.4 is 15.5 Å². The molecule has 1 aromatic carbocycles. The summed E-state index contributed by atoms with van der Waals surface area (Å²) in [5.41, 5.74) is 2.45. The van der Waals surface area contributed by atoms with Crippen molar-refractivity contribution in [3.63, 3.8) is 0 Å². The van der Waals surface area contributed by atoms with E-state index in [1.807, 2.05) is 30.5 Å². The maximum atomic E-state index is 13.0. The summed E-state index contributed by atoms with van der Waals surface area (Å²) in [6.07, 6.45) is -1.73. The molecular weight excluding hydrogens is 489 g/mol. The number of alkyl halides is 3. The smallest absolute Gasteiger partial charge is 0.357 e. The summed E-state index contributed by atoms with van der Waals surface area (Å²) in [5, 5.41) is 7.56. The van der Waals surface area contributed by atoms with Gasteiger partial charge in [-0.15, -0.1) is 11.3 Å². The van der Waals surface area contributed by atoms with E-state index in [0.717, 1.165) is 58.9 Å². The fourth-order valence-corrected chi connectivity index (χ4v) is 5.32. The summed E-state index contributed by atoms with van der Waals surface area (Å²) in [5.74, 6) is 1.15. The van der Waals surface area contributed by atoms with Gasteiger partial charge in [0.2, 0.25) is 5.95 Å². The highest BCUT2D eigenvalue weighted by molar-refractivity contribution is 7.17. The number of benzene rings is 1. The Morgan fingerprint density at radius 3 is 2.78 bits per heavy atom. The summed E-state index contributed by atoms with van der Waals surface area (Å²) in [7, 11) is 1.79. The van der Waals surface area contributed by atoms with Crippen LogP contribution in [-0.2, 0) is 6.18 Å². The minimum Gasteiger partial charge on any atom is -0.357 e. The number of nitrogens with zero attached hydrogens (tertiary/aromatic N) is 4. The van der Waals surface area contributed by atoms with Crippen LogP contribution in [0.4, 0.5) is 30.6 Å². The number of pyridine rings is 1. The number of hydrogen-bond acceptors (Lipinski definition) is 7. The van der Waals surface area contributed by atoms with Crippen molar-refractivity contribution in [2.45, 2.75) is 25.4 Å². The molecule has 2 N–H and O–H groups in total. The van der Waals surface area contributed by atoms with Crippen molar-refractivity contribution in [3.8, 4) is 0 Å². The molecule has 36 heavy (non-hydrogen) atoms. The molecule has 4 aromatic rings. The largest absolute Gasteiger partial charge is 0.417 e. The van der Waals surface area contributed by atoms with Crippen LogP contribution in [-0.4, -0.2) is 41.0 Å². The predicted molar refractivity (Wildman–Crippen MR) is 135 cm³/mol. The minimum absolute atomic E-state index is 0.00643. The molecule has 7 nitrogen and oxygen atoms in total. The van der Waals surface area contributed by atoms with Gasteiger partial charge in [0, 0.05) is 37.8 Å². The SMILES string of the molecule is CNc1nc(N2CC[C@@H](c3cc(C(=O)Nc4cncc(C(F)(F)F)c4)ccc3C)C2)c2sccc2n1. The van der Waals surface area contributed by atoms with Gasteiger partial charge in [-0.05, 0) is 54.1 Å². The quantitative estimate of drug-likeness (QED) is 0.357. The average molecular weight is 513 g/mol. The zero-order valence-electron chi connectivity index (χ0n) is 19.6. The van der Waals surface area contributed by atoms with Gasteiger partial charge in [-0.1, -0.05) is 6.07 Å². The van der Waals surface area contributed by atoms with Crippen molar-refractivity contribution in [1.82, 2.24) is 15.0 Å². The second-order valence-corrected chi connectivity index (χ2v) is 9.59. The van der Waals surface area contributed by atoms with Crippen molar-refractivity contribution < 1.29 is 18.0 Å². The Balaban J connectivity index is 1.36. The summed E-state index contributed by atoms with van der Waals surface area (Å²) in [4.78, 5) is 27.9. The standard InChI is InChI=1S/C25H23F3N6OS/c1-14-3-4-15(23(35)31-18-10-17(11-30-12-18)25(26,27)28)9-19(14)16-5-7-34(13-16)22-21-20(6-8-36-21)32-24(29-2)33-22/h3-4,6,8-12,16H,5,7,13H2,1-2H3,(H,31,35)(H,29,32,33)/t16-/m1/s1. The molecule has 0 spiro atoms. The molecule has 1 saturated heterocycles. The number of rotatable bonds is 5. The Morgan fingerprint density at radius 2 is 2.00 bits per heavy atom. The number of carbonyl (C=O) groups is 1.